The number of nitrogens with zero attached hydrogens (tertiary/aromatic N) is 3. The predicted octanol–water partition coefficient (Wildman–Crippen LogP) is 2.52. The number of para-hydroxylation sites is 1. The fraction of sp³-hybridized carbons (Fsp3) is 0.278. The molecule has 0 saturated carbocycles. The summed E-state index contributed by atoms with van der Waals surface area (Å²) in [5.74, 6) is 1.48. The number of amides is 2. The highest BCUT2D eigenvalue weighted by Crippen LogP contribution is 2.36. The number of phosphoric acid groups is 1. The molecule has 12 heteroatoms. The maximum Gasteiger partial charge on any atom is 0.466 e. The van der Waals surface area contributed by atoms with Crippen LogP contribution in [0, 0.1) is 0 Å². The average molecular weight is 455 g/mol. The van der Waals surface area contributed by atoms with Gasteiger partial charge in [0, 0.05) is 18.8 Å². The van der Waals surface area contributed by atoms with Gasteiger partial charge in [0.1, 0.15) is 11.6 Å². The minimum atomic E-state index is -4.64. The largest absolute Gasteiger partial charge is 0.491 e. The van der Waals surface area contributed by atoms with Crippen LogP contribution in [0.5, 0.6) is 5.75 Å². The smallest absolute Gasteiger partial charge is 0.466 e. The Bertz CT molecular complexity index is 914. The van der Waals surface area contributed by atoms with E-state index in [4.69, 9.17) is 24.0 Å². The number of hydrogen-bond donors (Lipinski definition) is 3. The molecule has 0 radical (unpaired) electrons. The fourth-order valence-electron chi connectivity index (χ4n) is 2.65. The van der Waals surface area contributed by atoms with Crippen molar-refractivity contribution in [3.63, 3.8) is 0 Å². The molecule has 1 aliphatic heterocycles. The second-order valence-electron chi connectivity index (χ2n) is 5.99. The lowest BCUT2D eigenvalue weighted by Crippen LogP contribution is -2.28. The second kappa shape index (κ2) is 10.6. The standard InChI is InChI=1S/C18H19N3O3S.H3O4P/c1-3-24-17-13(11-21-16(22)12-25-18(21)23)7-6-8-14(17)20(2)15-9-4-5-10-19-15;1-5(2,3)4/h4-10H,3,11-12H2,1-2H3;(H3,1,2,3,4). The van der Waals surface area contributed by atoms with E-state index in [1.807, 2.05) is 55.3 Å². The van der Waals surface area contributed by atoms with E-state index in [0.29, 0.717) is 12.4 Å². The zero-order valence-electron chi connectivity index (χ0n) is 16.3. The summed E-state index contributed by atoms with van der Waals surface area (Å²) in [5, 5.41) is -0.212. The third kappa shape index (κ3) is 6.82. The van der Waals surface area contributed by atoms with Gasteiger partial charge in [-0.3, -0.25) is 14.5 Å². The number of hydrogen-bond acceptors (Lipinski definition) is 7. The van der Waals surface area contributed by atoms with E-state index in [0.717, 1.165) is 28.8 Å². The van der Waals surface area contributed by atoms with Crippen molar-refractivity contribution in [2.45, 2.75) is 13.5 Å². The number of carbonyl (C=O) groups is 2. The van der Waals surface area contributed by atoms with E-state index in [2.05, 4.69) is 4.98 Å². The van der Waals surface area contributed by atoms with Gasteiger partial charge in [-0.2, -0.15) is 0 Å². The molecule has 1 fully saturated rings. The molecule has 1 saturated heterocycles. The minimum Gasteiger partial charge on any atom is -0.491 e. The summed E-state index contributed by atoms with van der Waals surface area (Å²) in [6, 6.07) is 11.4. The lowest BCUT2D eigenvalue weighted by atomic mass is 10.1. The fourth-order valence-corrected chi connectivity index (χ4v) is 3.38. The van der Waals surface area contributed by atoms with Crippen LogP contribution in [0.15, 0.2) is 42.6 Å². The van der Waals surface area contributed by atoms with Gasteiger partial charge in [0.25, 0.3) is 5.24 Å². The molecule has 0 bridgehead atoms. The van der Waals surface area contributed by atoms with Crippen LogP contribution >= 0.6 is 19.6 Å². The molecular weight excluding hydrogens is 433 g/mol. The number of anilines is 2. The Hall–Kier alpha value is -2.43. The van der Waals surface area contributed by atoms with Crippen LogP contribution in [0.3, 0.4) is 0 Å². The summed E-state index contributed by atoms with van der Waals surface area (Å²) in [5.41, 5.74) is 1.64. The molecule has 10 nitrogen and oxygen atoms in total. The third-order valence-electron chi connectivity index (χ3n) is 3.89. The van der Waals surface area contributed by atoms with Gasteiger partial charge in [-0.05, 0) is 25.1 Å². The van der Waals surface area contributed by atoms with Gasteiger partial charge < -0.3 is 24.3 Å². The topological polar surface area (TPSA) is 140 Å². The van der Waals surface area contributed by atoms with Crippen LogP contribution in [-0.2, 0) is 15.9 Å². The summed E-state index contributed by atoms with van der Waals surface area (Å²) in [4.78, 5) is 52.9. The van der Waals surface area contributed by atoms with E-state index in [1.54, 1.807) is 6.20 Å². The lowest BCUT2D eigenvalue weighted by Gasteiger charge is -2.24. The number of thioether (sulfide) groups is 1. The number of aromatic nitrogens is 1. The van der Waals surface area contributed by atoms with Gasteiger partial charge in [0.15, 0.2) is 0 Å². The number of carbonyl (C=O) groups excluding carboxylic acids is 2. The quantitative estimate of drug-likeness (QED) is 0.557. The first kappa shape index (κ1) is 23.8. The van der Waals surface area contributed by atoms with E-state index >= 15 is 0 Å². The van der Waals surface area contributed by atoms with Gasteiger partial charge >= 0.3 is 7.82 Å². The molecule has 30 heavy (non-hydrogen) atoms. The van der Waals surface area contributed by atoms with Crippen LogP contribution in [0.25, 0.3) is 0 Å². The highest BCUT2D eigenvalue weighted by molar-refractivity contribution is 8.14. The van der Waals surface area contributed by atoms with E-state index in [1.165, 1.54) is 4.90 Å². The van der Waals surface area contributed by atoms with Crippen LogP contribution in [0.4, 0.5) is 16.3 Å². The van der Waals surface area contributed by atoms with Crippen molar-refractivity contribution in [1.29, 1.82) is 0 Å². The van der Waals surface area contributed by atoms with Gasteiger partial charge in [-0.15, -0.1) is 0 Å². The SMILES string of the molecule is CCOc1c(CN2C(=O)CSC2=O)cccc1N(C)c1ccccn1.O=P(O)(O)O. The molecule has 2 heterocycles. The number of pyridine rings is 1. The molecule has 0 atom stereocenters. The Balaban J connectivity index is 0.000000575. The van der Waals surface area contributed by atoms with E-state index in [9.17, 15) is 9.59 Å². The zero-order chi connectivity index (χ0) is 22.3. The maximum atomic E-state index is 11.9. The Morgan fingerprint density at radius 3 is 2.43 bits per heavy atom. The third-order valence-corrected chi connectivity index (χ3v) is 4.75. The molecule has 0 unspecified atom stereocenters. The highest BCUT2D eigenvalue weighted by atomic mass is 32.2. The zero-order valence-corrected chi connectivity index (χ0v) is 18.0. The molecule has 1 aliphatic rings. The van der Waals surface area contributed by atoms with Crippen molar-refractivity contribution in [3.05, 3.63) is 48.2 Å². The number of imide groups is 1. The Morgan fingerprint density at radius 1 is 1.20 bits per heavy atom. The average Bonchev–Trinajstić information content (AvgIpc) is 3.00. The number of benzene rings is 1. The van der Waals surface area contributed by atoms with Crippen molar-refractivity contribution < 1.29 is 33.6 Å². The van der Waals surface area contributed by atoms with Crippen molar-refractivity contribution in [1.82, 2.24) is 9.88 Å². The van der Waals surface area contributed by atoms with Crippen molar-refractivity contribution in [3.8, 4) is 5.75 Å². The summed E-state index contributed by atoms with van der Waals surface area (Å²) >= 11 is 1.04. The first-order valence-corrected chi connectivity index (χ1v) is 11.3. The monoisotopic (exact) mass is 455 g/mol. The Kier molecular flexibility index (Phi) is 8.39. The van der Waals surface area contributed by atoms with E-state index < -0.39 is 7.82 Å². The van der Waals surface area contributed by atoms with Crippen LogP contribution in [0.1, 0.15) is 12.5 Å². The summed E-state index contributed by atoms with van der Waals surface area (Å²) in [6.45, 7) is 2.60. The molecule has 0 aliphatic carbocycles. The highest BCUT2D eigenvalue weighted by Gasteiger charge is 2.31. The van der Waals surface area contributed by atoms with Crippen molar-refractivity contribution in [2.75, 3.05) is 24.3 Å². The molecule has 2 aromatic rings. The normalized spacial score (nSPS) is 13.7. The first-order valence-electron chi connectivity index (χ1n) is 8.76. The van der Waals surface area contributed by atoms with Gasteiger partial charge in [0.2, 0.25) is 5.91 Å². The molecular formula is C18H22N3O7PS. The Labute approximate surface area is 177 Å². The molecule has 3 N–H and O–H groups in total. The van der Waals surface area contributed by atoms with Crippen molar-refractivity contribution in [2.24, 2.45) is 0 Å². The van der Waals surface area contributed by atoms with Crippen LogP contribution < -0.4 is 9.64 Å². The lowest BCUT2D eigenvalue weighted by molar-refractivity contribution is -0.125. The van der Waals surface area contributed by atoms with Gasteiger partial charge in [-0.1, -0.05) is 30.0 Å². The van der Waals surface area contributed by atoms with Crippen LogP contribution in [-0.4, -0.2) is 55.1 Å². The predicted molar refractivity (Wildman–Crippen MR) is 113 cm³/mol. The minimum absolute atomic E-state index is 0.166. The van der Waals surface area contributed by atoms with Gasteiger partial charge in [0.05, 0.1) is 24.6 Å². The first-order chi connectivity index (χ1) is 14.1. The molecule has 0 spiro atoms. The molecule has 1 aromatic heterocycles. The summed E-state index contributed by atoms with van der Waals surface area (Å²) in [7, 11) is -2.73. The molecule has 162 valence electrons. The number of rotatable bonds is 6. The Morgan fingerprint density at radius 2 is 1.90 bits per heavy atom. The van der Waals surface area contributed by atoms with Crippen molar-refractivity contribution >= 4 is 42.2 Å². The number of ether oxygens (including phenoxy) is 1. The molecule has 3 rings (SSSR count). The van der Waals surface area contributed by atoms with Crippen LogP contribution in [0.2, 0.25) is 0 Å². The van der Waals surface area contributed by atoms with E-state index in [-0.39, 0.29) is 23.4 Å². The maximum absolute atomic E-state index is 11.9. The summed E-state index contributed by atoms with van der Waals surface area (Å²) in [6.07, 6.45) is 1.73. The summed E-state index contributed by atoms with van der Waals surface area (Å²) < 4.78 is 14.7. The molecule has 2 amide bonds. The second-order valence-corrected chi connectivity index (χ2v) is 7.95. The molecule has 1 aromatic carbocycles. The van der Waals surface area contributed by atoms with Gasteiger partial charge in [-0.25, -0.2) is 9.55 Å².